The lowest BCUT2D eigenvalue weighted by molar-refractivity contribution is -0.143. The van der Waals surface area contributed by atoms with Crippen LogP contribution in [0.4, 0.5) is 4.79 Å². The van der Waals surface area contributed by atoms with Crippen LogP contribution in [0.3, 0.4) is 0 Å². The van der Waals surface area contributed by atoms with Gasteiger partial charge < -0.3 is 26.2 Å². The fourth-order valence-electron chi connectivity index (χ4n) is 5.33. The maximum Gasteiger partial charge on any atom is 0.315 e. The Kier molecular flexibility index (Phi) is 19.7. The van der Waals surface area contributed by atoms with E-state index in [1.54, 1.807) is 11.0 Å². The first-order valence-corrected chi connectivity index (χ1v) is 14.9. The molecule has 1 aliphatic carbocycles. The average Bonchev–Trinajstić information content (AvgIpc) is 3.44. The summed E-state index contributed by atoms with van der Waals surface area (Å²) >= 11 is 0. The van der Waals surface area contributed by atoms with E-state index in [0.29, 0.717) is 38.8 Å². The number of urea groups is 1. The lowest BCUT2D eigenvalue weighted by atomic mass is 9.83. The second-order valence-corrected chi connectivity index (χ2v) is 10.5. The molecule has 0 spiro atoms. The highest BCUT2D eigenvalue weighted by Crippen LogP contribution is 2.34. The van der Waals surface area contributed by atoms with Gasteiger partial charge in [-0.05, 0) is 50.4 Å². The second kappa shape index (κ2) is 21.4. The minimum absolute atomic E-state index is 0.0267. The van der Waals surface area contributed by atoms with Crippen LogP contribution in [0.15, 0.2) is 12.7 Å². The van der Waals surface area contributed by atoms with E-state index in [1.165, 1.54) is 14.0 Å². The quantitative estimate of drug-likeness (QED) is 0.123. The van der Waals surface area contributed by atoms with Gasteiger partial charge in [0.25, 0.3) is 0 Å². The summed E-state index contributed by atoms with van der Waals surface area (Å²) in [4.78, 5) is 62.5. The van der Waals surface area contributed by atoms with Gasteiger partial charge in [-0.15, -0.1) is 18.9 Å². The number of ketones is 1. The number of hydrogen-bond acceptors (Lipinski definition) is 5. The van der Waals surface area contributed by atoms with Crippen LogP contribution in [0.2, 0.25) is 0 Å². The van der Waals surface area contributed by atoms with Crippen LogP contribution < -0.4 is 21.3 Å². The maximum atomic E-state index is 13.8. The van der Waals surface area contributed by atoms with E-state index in [2.05, 4.69) is 33.8 Å². The SMILES string of the molecule is C#CCCC(NC(=O)C1[C@@H](C(C)C)CCN1C(=O)C(NC(=O)NC)C1CCCCC1)C(C)=O.C=CCNC=O.CC. The van der Waals surface area contributed by atoms with E-state index in [9.17, 15) is 24.0 Å². The number of carbonyl (C=O) groups is 5. The van der Waals surface area contributed by atoms with E-state index in [4.69, 9.17) is 6.42 Å². The van der Waals surface area contributed by atoms with Crippen LogP contribution in [-0.4, -0.2) is 73.2 Å². The summed E-state index contributed by atoms with van der Waals surface area (Å²) in [5.74, 6) is 2.02. The van der Waals surface area contributed by atoms with Crippen LogP contribution in [0.5, 0.6) is 0 Å². The number of rotatable bonds is 12. The van der Waals surface area contributed by atoms with Crippen molar-refractivity contribution < 1.29 is 24.0 Å². The molecular formula is C31H53N5O5. The molecule has 1 saturated heterocycles. The summed E-state index contributed by atoms with van der Waals surface area (Å²) in [5.41, 5.74) is 0. The smallest absolute Gasteiger partial charge is 0.315 e. The maximum absolute atomic E-state index is 13.8. The lowest BCUT2D eigenvalue weighted by Crippen LogP contribution is -2.59. The normalized spacial score (nSPS) is 19.5. The Morgan fingerprint density at radius 3 is 2.17 bits per heavy atom. The van der Waals surface area contributed by atoms with Crippen molar-refractivity contribution in [2.24, 2.45) is 17.8 Å². The van der Waals surface area contributed by atoms with Crippen molar-refractivity contribution in [2.75, 3.05) is 20.1 Å². The van der Waals surface area contributed by atoms with Gasteiger partial charge in [-0.1, -0.05) is 53.0 Å². The van der Waals surface area contributed by atoms with Crippen molar-refractivity contribution in [3.63, 3.8) is 0 Å². The third-order valence-corrected chi connectivity index (χ3v) is 7.48. The predicted octanol–water partition coefficient (Wildman–Crippen LogP) is 3.17. The molecule has 2 aliphatic rings. The molecule has 10 heteroatoms. The number of carbonyl (C=O) groups excluding carboxylic acids is 5. The summed E-state index contributed by atoms with van der Waals surface area (Å²) in [6.45, 7) is 13.9. The molecule has 0 aromatic carbocycles. The van der Waals surface area contributed by atoms with Crippen molar-refractivity contribution in [1.82, 2.24) is 26.2 Å². The van der Waals surface area contributed by atoms with Crippen molar-refractivity contribution in [1.29, 1.82) is 0 Å². The Morgan fingerprint density at radius 1 is 1.07 bits per heavy atom. The molecule has 0 aromatic rings. The minimum atomic E-state index is -0.678. The molecule has 0 aromatic heterocycles. The van der Waals surface area contributed by atoms with Gasteiger partial charge >= 0.3 is 6.03 Å². The highest BCUT2D eigenvalue weighted by Gasteiger charge is 2.46. The third-order valence-electron chi connectivity index (χ3n) is 7.48. The number of nitrogens with zero attached hydrogens (tertiary/aromatic N) is 1. The van der Waals surface area contributed by atoms with Crippen molar-refractivity contribution in [3.05, 3.63) is 12.7 Å². The summed E-state index contributed by atoms with van der Waals surface area (Å²) < 4.78 is 0. The predicted molar refractivity (Wildman–Crippen MR) is 163 cm³/mol. The molecule has 10 nitrogen and oxygen atoms in total. The number of hydrogen-bond donors (Lipinski definition) is 4. The first kappa shape index (κ1) is 37.6. The molecule has 3 unspecified atom stereocenters. The summed E-state index contributed by atoms with van der Waals surface area (Å²) in [6.07, 6.45) is 14.0. The number of nitrogens with one attached hydrogen (secondary N) is 4. The monoisotopic (exact) mass is 575 g/mol. The van der Waals surface area contributed by atoms with E-state index in [-0.39, 0.29) is 35.4 Å². The van der Waals surface area contributed by atoms with Gasteiger partial charge in [-0.3, -0.25) is 19.2 Å². The number of amides is 5. The third kappa shape index (κ3) is 12.8. The Balaban J connectivity index is 0.00000177. The molecular weight excluding hydrogens is 522 g/mol. The van der Waals surface area contributed by atoms with Crippen LogP contribution in [-0.2, 0) is 19.2 Å². The van der Waals surface area contributed by atoms with E-state index >= 15 is 0 Å². The average molecular weight is 576 g/mol. The largest absolute Gasteiger partial charge is 0.355 e. The van der Waals surface area contributed by atoms with E-state index < -0.39 is 24.2 Å². The Hall–Kier alpha value is -3.35. The molecule has 1 saturated carbocycles. The molecule has 4 atom stereocenters. The molecule has 5 amide bonds. The van der Waals surface area contributed by atoms with Crippen LogP contribution >= 0.6 is 0 Å². The fourth-order valence-corrected chi connectivity index (χ4v) is 5.33. The fraction of sp³-hybridized carbons (Fsp3) is 0.710. The molecule has 0 bridgehead atoms. The highest BCUT2D eigenvalue weighted by molar-refractivity contribution is 5.95. The topological polar surface area (TPSA) is 137 Å². The zero-order valence-corrected chi connectivity index (χ0v) is 26.0. The van der Waals surface area contributed by atoms with Gasteiger partial charge in [0.2, 0.25) is 18.2 Å². The summed E-state index contributed by atoms with van der Waals surface area (Å²) in [5, 5.41) is 10.7. The molecule has 1 aliphatic heterocycles. The molecule has 2 rings (SSSR count). The van der Waals surface area contributed by atoms with E-state index in [1.807, 2.05) is 27.7 Å². The molecule has 232 valence electrons. The Bertz CT molecular complexity index is 871. The molecule has 2 fully saturated rings. The summed E-state index contributed by atoms with van der Waals surface area (Å²) in [6, 6.07) is -2.42. The van der Waals surface area contributed by atoms with Crippen LogP contribution in [0, 0.1) is 30.1 Å². The number of Topliss-reactive ketones (excluding diaryl/α,β-unsaturated/α-hetero) is 1. The van der Waals surface area contributed by atoms with Gasteiger partial charge in [-0.25, -0.2) is 4.79 Å². The van der Waals surface area contributed by atoms with Gasteiger partial charge in [0.1, 0.15) is 12.1 Å². The van der Waals surface area contributed by atoms with Crippen LogP contribution in [0.25, 0.3) is 0 Å². The molecule has 1 heterocycles. The van der Waals surface area contributed by atoms with Crippen molar-refractivity contribution >= 4 is 30.0 Å². The highest BCUT2D eigenvalue weighted by atomic mass is 16.2. The molecule has 0 radical (unpaired) electrons. The number of terminal acetylenes is 1. The zero-order valence-electron chi connectivity index (χ0n) is 26.0. The van der Waals surface area contributed by atoms with Gasteiger partial charge in [0.15, 0.2) is 5.78 Å². The Morgan fingerprint density at radius 2 is 1.71 bits per heavy atom. The molecule has 41 heavy (non-hydrogen) atoms. The zero-order chi connectivity index (χ0) is 31.4. The number of likely N-dealkylation sites (tertiary alicyclic amines) is 1. The first-order valence-electron chi connectivity index (χ1n) is 14.9. The van der Waals surface area contributed by atoms with Crippen LogP contribution in [0.1, 0.15) is 86.0 Å². The van der Waals surface area contributed by atoms with E-state index in [0.717, 1.165) is 32.1 Å². The van der Waals surface area contributed by atoms with Crippen molar-refractivity contribution in [2.45, 2.75) is 104 Å². The standard InChI is InChI=1S/C25H40N4O4.C4H7NO.C2H6/c1-6-7-13-20(17(4)30)27-23(31)22-19(16(2)3)14-15-29(22)24(32)21(28-25(33)26-5)18-11-9-8-10-12-18;1-2-3-5-4-6;1-2/h1,16,18-22H,7-15H2,2-5H3,(H,27,31)(H2,26,28,33);2,4H,1,3H2,(H,5,6);1-2H3/t19-,20?,21?,22?;;/m1../s1. The van der Waals surface area contributed by atoms with Gasteiger partial charge in [0, 0.05) is 26.6 Å². The first-order chi connectivity index (χ1) is 19.6. The lowest BCUT2D eigenvalue weighted by Gasteiger charge is -2.36. The van der Waals surface area contributed by atoms with Gasteiger partial charge in [0.05, 0.1) is 6.04 Å². The summed E-state index contributed by atoms with van der Waals surface area (Å²) in [7, 11) is 1.52. The van der Waals surface area contributed by atoms with Crippen molar-refractivity contribution in [3.8, 4) is 12.3 Å². The van der Waals surface area contributed by atoms with Gasteiger partial charge in [-0.2, -0.15) is 0 Å². The Labute approximate surface area is 247 Å². The molecule has 4 N–H and O–H groups in total. The second-order valence-electron chi connectivity index (χ2n) is 10.5. The minimum Gasteiger partial charge on any atom is -0.355 e.